The van der Waals surface area contributed by atoms with Gasteiger partial charge >= 0.3 is 0 Å². The summed E-state index contributed by atoms with van der Waals surface area (Å²) in [5, 5.41) is 0. The summed E-state index contributed by atoms with van der Waals surface area (Å²) in [6.07, 6.45) is 3.94. The van der Waals surface area contributed by atoms with Gasteiger partial charge in [0.1, 0.15) is 0 Å². The Labute approximate surface area is 88.6 Å². The van der Waals surface area contributed by atoms with E-state index in [4.69, 9.17) is 4.74 Å². The molecule has 1 aliphatic rings. The second-order valence-electron chi connectivity index (χ2n) is 5.38. The maximum absolute atomic E-state index is 5.13. The van der Waals surface area contributed by atoms with Crippen molar-refractivity contribution in [3.63, 3.8) is 0 Å². The lowest BCUT2D eigenvalue weighted by Crippen LogP contribution is -2.46. The molecule has 0 saturated carbocycles. The van der Waals surface area contributed by atoms with Gasteiger partial charge in [0.15, 0.2) is 0 Å². The number of methoxy groups -OCH3 is 1. The molecule has 0 radical (unpaired) electrons. The Kier molecular flexibility index (Phi) is 4.39. The fraction of sp³-hybridized carbons (Fsp3) is 1.00. The largest absolute Gasteiger partial charge is 0.385 e. The Balaban J connectivity index is 2.24. The molecule has 2 nitrogen and oxygen atoms in total. The van der Waals surface area contributed by atoms with E-state index in [-0.39, 0.29) is 0 Å². The first-order valence-corrected chi connectivity index (χ1v) is 5.78. The van der Waals surface area contributed by atoms with Gasteiger partial charge in [-0.05, 0) is 59.0 Å². The van der Waals surface area contributed by atoms with Crippen molar-refractivity contribution in [3.8, 4) is 0 Å². The van der Waals surface area contributed by atoms with E-state index in [1.54, 1.807) is 7.11 Å². The highest BCUT2D eigenvalue weighted by Gasteiger charge is 2.26. The van der Waals surface area contributed by atoms with Gasteiger partial charge in [0, 0.05) is 19.3 Å². The Morgan fingerprint density at radius 1 is 1.21 bits per heavy atom. The molecule has 0 aromatic rings. The van der Waals surface area contributed by atoms with Crippen molar-refractivity contribution in [3.05, 3.63) is 0 Å². The third-order valence-electron chi connectivity index (χ3n) is 3.29. The van der Waals surface area contributed by atoms with E-state index < -0.39 is 0 Å². The van der Waals surface area contributed by atoms with Crippen LogP contribution in [0.15, 0.2) is 0 Å². The molecule has 0 aromatic carbocycles. The monoisotopic (exact) mass is 199 g/mol. The molecule has 0 spiro atoms. The lowest BCUT2D eigenvalue weighted by molar-refractivity contribution is 0.0752. The summed E-state index contributed by atoms with van der Waals surface area (Å²) in [6, 6.07) is 0. The molecule has 0 aromatic heterocycles. The number of hydrogen-bond donors (Lipinski definition) is 0. The highest BCUT2D eigenvalue weighted by molar-refractivity contribution is 4.81. The van der Waals surface area contributed by atoms with Crippen LogP contribution in [0.4, 0.5) is 0 Å². The van der Waals surface area contributed by atoms with E-state index in [1.165, 1.54) is 32.4 Å². The summed E-state index contributed by atoms with van der Waals surface area (Å²) in [7, 11) is 1.80. The molecule has 0 aliphatic carbocycles. The van der Waals surface area contributed by atoms with Crippen molar-refractivity contribution in [1.82, 2.24) is 4.90 Å². The zero-order chi connectivity index (χ0) is 10.6. The van der Waals surface area contributed by atoms with Crippen molar-refractivity contribution in [2.24, 2.45) is 5.92 Å². The second kappa shape index (κ2) is 5.13. The van der Waals surface area contributed by atoms with Crippen LogP contribution in [-0.4, -0.2) is 37.2 Å². The van der Waals surface area contributed by atoms with Crippen molar-refractivity contribution < 1.29 is 4.74 Å². The molecule has 0 bridgehead atoms. The highest BCUT2D eigenvalue weighted by Crippen LogP contribution is 2.25. The molecule has 14 heavy (non-hydrogen) atoms. The zero-order valence-electron chi connectivity index (χ0n) is 10.2. The van der Waals surface area contributed by atoms with Crippen LogP contribution in [0.3, 0.4) is 0 Å². The maximum atomic E-state index is 5.13. The lowest BCUT2D eigenvalue weighted by atomic mass is 9.91. The Bertz CT molecular complexity index is 154. The number of piperidine rings is 1. The minimum atomic E-state index is 0.353. The van der Waals surface area contributed by atoms with Crippen LogP contribution >= 0.6 is 0 Å². The number of hydrogen-bond acceptors (Lipinski definition) is 2. The fourth-order valence-electron chi connectivity index (χ4n) is 2.18. The maximum Gasteiger partial charge on any atom is 0.0464 e. The molecule has 0 unspecified atom stereocenters. The molecule has 0 amide bonds. The highest BCUT2D eigenvalue weighted by atomic mass is 16.5. The molecule has 84 valence electrons. The SMILES string of the molecule is COCCC1CCN(C(C)(C)C)CC1. The average molecular weight is 199 g/mol. The van der Waals surface area contributed by atoms with E-state index in [0.717, 1.165) is 12.5 Å². The van der Waals surface area contributed by atoms with Gasteiger partial charge in [0.05, 0.1) is 0 Å². The molecular formula is C12H25NO. The molecule has 1 rings (SSSR count). The predicted octanol–water partition coefficient (Wildman–Crippen LogP) is 2.53. The normalized spacial score (nSPS) is 21.4. The minimum absolute atomic E-state index is 0.353. The summed E-state index contributed by atoms with van der Waals surface area (Å²) in [5.41, 5.74) is 0.353. The third-order valence-corrected chi connectivity index (χ3v) is 3.29. The van der Waals surface area contributed by atoms with E-state index >= 15 is 0 Å². The average Bonchev–Trinajstić information content (AvgIpc) is 2.14. The van der Waals surface area contributed by atoms with Crippen LogP contribution in [0.5, 0.6) is 0 Å². The zero-order valence-corrected chi connectivity index (χ0v) is 10.2. The summed E-state index contributed by atoms with van der Waals surface area (Å²) in [6.45, 7) is 10.4. The van der Waals surface area contributed by atoms with Gasteiger partial charge in [-0.3, -0.25) is 4.90 Å². The molecular weight excluding hydrogens is 174 g/mol. The van der Waals surface area contributed by atoms with Gasteiger partial charge in [0.25, 0.3) is 0 Å². The van der Waals surface area contributed by atoms with Crippen LogP contribution in [0, 0.1) is 5.92 Å². The van der Waals surface area contributed by atoms with Gasteiger partial charge in [-0.15, -0.1) is 0 Å². The van der Waals surface area contributed by atoms with Crippen molar-refractivity contribution in [2.45, 2.75) is 45.6 Å². The summed E-state index contributed by atoms with van der Waals surface area (Å²) in [4.78, 5) is 2.59. The fourth-order valence-corrected chi connectivity index (χ4v) is 2.18. The topological polar surface area (TPSA) is 12.5 Å². The van der Waals surface area contributed by atoms with E-state index in [1.807, 2.05) is 0 Å². The first-order chi connectivity index (χ1) is 6.54. The molecule has 0 N–H and O–H groups in total. The van der Waals surface area contributed by atoms with Crippen molar-refractivity contribution in [2.75, 3.05) is 26.8 Å². The molecule has 1 saturated heterocycles. The van der Waals surface area contributed by atoms with Crippen LogP contribution in [0.2, 0.25) is 0 Å². The Hall–Kier alpha value is -0.0800. The standard InChI is InChI=1S/C12H25NO/c1-12(2,3)13-8-5-11(6-9-13)7-10-14-4/h11H,5-10H2,1-4H3. The number of nitrogens with zero attached hydrogens (tertiary/aromatic N) is 1. The van der Waals surface area contributed by atoms with E-state index in [2.05, 4.69) is 25.7 Å². The summed E-state index contributed by atoms with van der Waals surface area (Å²) in [5.74, 6) is 0.897. The predicted molar refractivity (Wildman–Crippen MR) is 60.5 cm³/mol. The van der Waals surface area contributed by atoms with Crippen molar-refractivity contribution >= 4 is 0 Å². The first-order valence-electron chi connectivity index (χ1n) is 5.78. The molecule has 2 heteroatoms. The van der Waals surface area contributed by atoms with Gasteiger partial charge in [-0.25, -0.2) is 0 Å². The van der Waals surface area contributed by atoms with Gasteiger partial charge in [-0.1, -0.05) is 0 Å². The van der Waals surface area contributed by atoms with Crippen molar-refractivity contribution in [1.29, 1.82) is 0 Å². The Morgan fingerprint density at radius 2 is 1.79 bits per heavy atom. The van der Waals surface area contributed by atoms with E-state index in [0.29, 0.717) is 5.54 Å². The summed E-state index contributed by atoms with van der Waals surface area (Å²) >= 11 is 0. The van der Waals surface area contributed by atoms with Crippen LogP contribution < -0.4 is 0 Å². The first kappa shape index (κ1) is 12.0. The molecule has 0 atom stereocenters. The third kappa shape index (κ3) is 3.58. The quantitative estimate of drug-likeness (QED) is 0.692. The van der Waals surface area contributed by atoms with Crippen LogP contribution in [0.25, 0.3) is 0 Å². The number of rotatable bonds is 3. The van der Waals surface area contributed by atoms with Crippen LogP contribution in [0.1, 0.15) is 40.0 Å². The van der Waals surface area contributed by atoms with E-state index in [9.17, 15) is 0 Å². The van der Waals surface area contributed by atoms with Gasteiger partial charge in [-0.2, -0.15) is 0 Å². The number of likely N-dealkylation sites (tertiary alicyclic amines) is 1. The summed E-state index contributed by atoms with van der Waals surface area (Å²) < 4.78 is 5.13. The lowest BCUT2D eigenvalue weighted by Gasteiger charge is -2.40. The minimum Gasteiger partial charge on any atom is -0.385 e. The molecule has 1 fully saturated rings. The Morgan fingerprint density at radius 3 is 2.21 bits per heavy atom. The van der Waals surface area contributed by atoms with Gasteiger partial charge in [0.2, 0.25) is 0 Å². The smallest absolute Gasteiger partial charge is 0.0464 e. The molecule has 1 aliphatic heterocycles. The molecule has 1 heterocycles. The van der Waals surface area contributed by atoms with Crippen LogP contribution in [-0.2, 0) is 4.74 Å². The van der Waals surface area contributed by atoms with Gasteiger partial charge < -0.3 is 4.74 Å². The number of ether oxygens (including phenoxy) is 1. The second-order valence-corrected chi connectivity index (χ2v) is 5.38.